The van der Waals surface area contributed by atoms with E-state index in [-0.39, 0.29) is 17.8 Å². The molecule has 1 aliphatic rings. The van der Waals surface area contributed by atoms with E-state index < -0.39 is 0 Å². The van der Waals surface area contributed by atoms with Crippen LogP contribution < -0.4 is 10.5 Å². The first-order chi connectivity index (χ1) is 15.5. The van der Waals surface area contributed by atoms with Gasteiger partial charge in [0.25, 0.3) is 5.56 Å². The van der Waals surface area contributed by atoms with Crippen LogP contribution in [-0.2, 0) is 4.74 Å². The van der Waals surface area contributed by atoms with Gasteiger partial charge in [0.2, 0.25) is 0 Å². The molecule has 1 aliphatic heterocycles. The monoisotopic (exact) mass is 426 g/mol. The van der Waals surface area contributed by atoms with Gasteiger partial charge in [-0.15, -0.1) is 0 Å². The Balaban J connectivity index is 1.56. The van der Waals surface area contributed by atoms with Crippen LogP contribution >= 0.6 is 0 Å². The van der Waals surface area contributed by atoms with Gasteiger partial charge in [-0.1, -0.05) is 12.1 Å². The Morgan fingerprint density at radius 3 is 2.28 bits per heavy atom. The summed E-state index contributed by atoms with van der Waals surface area (Å²) in [5.74, 6) is 0. The SMILES string of the molecule is Cc1cn(-c2ccc(N3C[C@@H](C)O[C@@H](C)C3)cc2)c(=O)c2cccc(-c3cncnc3)c12. The highest BCUT2D eigenvalue weighted by atomic mass is 16.5. The largest absolute Gasteiger partial charge is 0.372 e. The first-order valence-corrected chi connectivity index (χ1v) is 10.9. The molecular formula is C26H26N4O2. The van der Waals surface area contributed by atoms with Crippen LogP contribution in [-0.4, -0.2) is 39.8 Å². The Morgan fingerprint density at radius 1 is 0.938 bits per heavy atom. The Hall–Kier alpha value is -3.51. The summed E-state index contributed by atoms with van der Waals surface area (Å²) in [4.78, 5) is 24.1. The summed E-state index contributed by atoms with van der Waals surface area (Å²) in [6, 6.07) is 14.0. The van der Waals surface area contributed by atoms with Gasteiger partial charge in [0.05, 0.1) is 12.2 Å². The van der Waals surface area contributed by atoms with Gasteiger partial charge in [-0.2, -0.15) is 0 Å². The number of anilines is 1. The van der Waals surface area contributed by atoms with Crippen LogP contribution in [0.1, 0.15) is 19.4 Å². The maximum atomic E-state index is 13.4. The van der Waals surface area contributed by atoms with E-state index in [2.05, 4.69) is 40.8 Å². The van der Waals surface area contributed by atoms with E-state index in [0.29, 0.717) is 5.39 Å². The molecule has 3 heterocycles. The Morgan fingerprint density at radius 2 is 1.59 bits per heavy atom. The molecule has 0 radical (unpaired) electrons. The lowest BCUT2D eigenvalue weighted by atomic mass is 9.98. The van der Waals surface area contributed by atoms with E-state index in [1.165, 1.54) is 6.33 Å². The molecule has 0 bridgehead atoms. The summed E-state index contributed by atoms with van der Waals surface area (Å²) < 4.78 is 7.58. The summed E-state index contributed by atoms with van der Waals surface area (Å²) >= 11 is 0. The standard InChI is InChI=1S/C26H26N4O2/c1-17-13-30(22-9-7-21(8-10-22)29-14-18(2)32-19(3)15-29)26(31)24-6-4-5-23(25(17)24)20-11-27-16-28-12-20/h4-13,16,18-19H,14-15H2,1-3H3/t18-,19+. The van der Waals surface area contributed by atoms with Crippen LogP contribution in [0.15, 0.2) is 72.2 Å². The number of fused-ring (bicyclic) bond motifs is 1. The number of pyridine rings is 1. The number of morpholine rings is 1. The second-order valence-corrected chi connectivity index (χ2v) is 8.52. The highest BCUT2D eigenvalue weighted by Crippen LogP contribution is 2.29. The van der Waals surface area contributed by atoms with Crippen molar-refractivity contribution in [1.82, 2.24) is 14.5 Å². The minimum absolute atomic E-state index is 0.0364. The number of nitrogens with zero attached hydrogens (tertiary/aromatic N) is 4. The van der Waals surface area contributed by atoms with Crippen molar-refractivity contribution in [3.05, 3.63) is 83.3 Å². The summed E-state index contributed by atoms with van der Waals surface area (Å²) in [5, 5.41) is 1.63. The minimum Gasteiger partial charge on any atom is -0.372 e. The predicted molar refractivity (Wildman–Crippen MR) is 128 cm³/mol. The third-order valence-corrected chi connectivity index (χ3v) is 6.01. The van der Waals surface area contributed by atoms with Gasteiger partial charge in [0.15, 0.2) is 0 Å². The first kappa shape index (κ1) is 20.4. The summed E-state index contributed by atoms with van der Waals surface area (Å²) in [5.41, 5.74) is 4.86. The minimum atomic E-state index is -0.0364. The van der Waals surface area contributed by atoms with Crippen molar-refractivity contribution in [2.75, 3.05) is 18.0 Å². The molecule has 162 valence electrons. The van der Waals surface area contributed by atoms with Gasteiger partial charge in [-0.05, 0) is 67.6 Å². The summed E-state index contributed by atoms with van der Waals surface area (Å²) in [6.45, 7) is 7.97. The van der Waals surface area contributed by atoms with Crippen molar-refractivity contribution < 1.29 is 4.74 Å². The predicted octanol–water partition coefficient (Wildman–Crippen LogP) is 4.37. The second-order valence-electron chi connectivity index (χ2n) is 8.52. The molecule has 32 heavy (non-hydrogen) atoms. The fourth-order valence-electron chi connectivity index (χ4n) is 4.69. The average molecular weight is 427 g/mol. The number of aryl methyl sites for hydroxylation is 1. The fourth-order valence-corrected chi connectivity index (χ4v) is 4.69. The smallest absolute Gasteiger partial charge is 0.262 e. The van der Waals surface area contributed by atoms with Crippen LogP contribution in [0.4, 0.5) is 5.69 Å². The highest BCUT2D eigenvalue weighted by molar-refractivity contribution is 5.98. The van der Waals surface area contributed by atoms with E-state index in [1.807, 2.05) is 43.5 Å². The molecule has 6 heteroatoms. The molecule has 0 saturated carbocycles. The van der Waals surface area contributed by atoms with Crippen LogP contribution in [0.25, 0.3) is 27.6 Å². The normalized spacial score (nSPS) is 18.8. The lowest BCUT2D eigenvalue weighted by Crippen LogP contribution is -2.45. The lowest BCUT2D eigenvalue weighted by molar-refractivity contribution is -0.00521. The Bertz CT molecular complexity index is 1310. The average Bonchev–Trinajstić information content (AvgIpc) is 2.81. The molecule has 0 N–H and O–H groups in total. The van der Waals surface area contributed by atoms with Crippen molar-refractivity contribution in [2.24, 2.45) is 0 Å². The second kappa shape index (κ2) is 8.20. The fraction of sp³-hybridized carbons (Fsp3) is 0.269. The maximum Gasteiger partial charge on any atom is 0.262 e. The van der Waals surface area contributed by atoms with Gasteiger partial charge in [-0.25, -0.2) is 9.97 Å². The van der Waals surface area contributed by atoms with Crippen molar-refractivity contribution in [1.29, 1.82) is 0 Å². The molecule has 6 nitrogen and oxygen atoms in total. The van der Waals surface area contributed by atoms with Gasteiger partial charge < -0.3 is 9.64 Å². The zero-order chi connectivity index (χ0) is 22.2. The molecule has 0 aliphatic carbocycles. The molecular weight excluding hydrogens is 400 g/mol. The van der Waals surface area contributed by atoms with Crippen LogP contribution in [0.3, 0.4) is 0 Å². The third-order valence-electron chi connectivity index (χ3n) is 6.01. The quantitative estimate of drug-likeness (QED) is 0.487. The molecule has 0 amide bonds. The molecule has 0 unspecified atom stereocenters. The molecule has 1 fully saturated rings. The topological polar surface area (TPSA) is 60.2 Å². The van der Waals surface area contributed by atoms with Gasteiger partial charge in [0.1, 0.15) is 6.33 Å². The van der Waals surface area contributed by atoms with E-state index in [1.54, 1.807) is 17.0 Å². The van der Waals surface area contributed by atoms with Crippen molar-refractivity contribution in [3.63, 3.8) is 0 Å². The van der Waals surface area contributed by atoms with Crippen molar-refractivity contribution in [2.45, 2.75) is 33.0 Å². The third kappa shape index (κ3) is 3.67. The number of aromatic nitrogens is 3. The van der Waals surface area contributed by atoms with Crippen LogP contribution in [0.2, 0.25) is 0 Å². The molecule has 2 atom stereocenters. The Kier molecular flexibility index (Phi) is 5.23. The zero-order valence-electron chi connectivity index (χ0n) is 18.5. The number of benzene rings is 2. The molecule has 0 spiro atoms. The van der Waals surface area contributed by atoms with E-state index in [4.69, 9.17) is 4.74 Å². The lowest BCUT2D eigenvalue weighted by Gasteiger charge is -2.36. The molecule has 5 rings (SSSR count). The molecule has 1 saturated heterocycles. The van der Waals surface area contributed by atoms with Crippen LogP contribution in [0, 0.1) is 6.92 Å². The van der Waals surface area contributed by atoms with Gasteiger partial charge >= 0.3 is 0 Å². The summed E-state index contributed by atoms with van der Waals surface area (Å²) in [7, 11) is 0. The van der Waals surface area contributed by atoms with Crippen molar-refractivity contribution >= 4 is 16.5 Å². The first-order valence-electron chi connectivity index (χ1n) is 10.9. The number of hydrogen-bond acceptors (Lipinski definition) is 5. The van der Waals surface area contributed by atoms with E-state index in [0.717, 1.165) is 46.5 Å². The number of hydrogen-bond donors (Lipinski definition) is 0. The Labute approximate surface area is 187 Å². The van der Waals surface area contributed by atoms with Gasteiger partial charge in [0, 0.05) is 54.0 Å². The molecule has 4 aromatic rings. The molecule has 2 aromatic carbocycles. The summed E-state index contributed by atoms with van der Waals surface area (Å²) in [6.07, 6.45) is 7.39. The van der Waals surface area contributed by atoms with E-state index in [9.17, 15) is 4.79 Å². The van der Waals surface area contributed by atoms with E-state index >= 15 is 0 Å². The number of rotatable bonds is 3. The van der Waals surface area contributed by atoms with Crippen LogP contribution in [0.5, 0.6) is 0 Å². The van der Waals surface area contributed by atoms with Gasteiger partial charge in [-0.3, -0.25) is 9.36 Å². The number of ether oxygens (including phenoxy) is 1. The van der Waals surface area contributed by atoms with Crippen molar-refractivity contribution in [3.8, 4) is 16.8 Å². The maximum absolute atomic E-state index is 13.4. The molecule has 2 aromatic heterocycles. The highest BCUT2D eigenvalue weighted by Gasteiger charge is 2.22. The zero-order valence-corrected chi connectivity index (χ0v) is 18.5.